The molecule has 2 rings (SSSR count). The molecule has 0 spiro atoms. The van der Waals surface area contributed by atoms with Gasteiger partial charge in [-0.3, -0.25) is 5.43 Å². The highest BCUT2D eigenvalue weighted by Gasteiger charge is 1.95. The minimum absolute atomic E-state index is 0.296. The maximum atomic E-state index is 10.9. The number of H-pyrrole nitrogens is 1. The van der Waals surface area contributed by atoms with Crippen LogP contribution in [0.15, 0.2) is 40.4 Å². The summed E-state index contributed by atoms with van der Waals surface area (Å²) in [6.45, 7) is 0. The molecule has 1 aromatic carbocycles. The molecule has 0 radical (unpaired) electrons. The molecule has 2 aromatic rings. The average molecular weight is 258 g/mol. The van der Waals surface area contributed by atoms with Crippen LogP contribution in [0.1, 0.15) is 5.56 Å². The number of anilines is 2. The minimum Gasteiger partial charge on any atom is -0.378 e. The van der Waals surface area contributed by atoms with E-state index < -0.39 is 5.69 Å². The van der Waals surface area contributed by atoms with Crippen molar-refractivity contribution < 1.29 is 0 Å². The smallest absolute Gasteiger partial charge is 0.363 e. The number of aromatic nitrogens is 3. The fourth-order valence-electron chi connectivity index (χ4n) is 1.40. The van der Waals surface area contributed by atoms with E-state index in [9.17, 15) is 4.79 Å². The van der Waals surface area contributed by atoms with Crippen molar-refractivity contribution in [1.82, 2.24) is 15.2 Å². The second-order valence-electron chi connectivity index (χ2n) is 4.03. The van der Waals surface area contributed by atoms with E-state index in [0.717, 1.165) is 11.3 Å². The molecule has 0 aliphatic carbocycles. The highest BCUT2D eigenvalue weighted by Crippen LogP contribution is 2.10. The SMILES string of the molecule is CN(C)c1ccc(/C=N/Nc2cn[nH]c(=O)n2)cc1. The molecule has 2 N–H and O–H groups in total. The van der Waals surface area contributed by atoms with Crippen LogP contribution in [-0.2, 0) is 0 Å². The van der Waals surface area contributed by atoms with Crippen LogP contribution in [-0.4, -0.2) is 35.5 Å². The summed E-state index contributed by atoms with van der Waals surface area (Å²) < 4.78 is 0. The molecule has 98 valence electrons. The second-order valence-corrected chi connectivity index (χ2v) is 4.03. The van der Waals surface area contributed by atoms with Crippen LogP contribution < -0.4 is 16.0 Å². The Balaban J connectivity index is 2.01. The Kier molecular flexibility index (Phi) is 3.87. The first-order chi connectivity index (χ1) is 9.15. The Labute approximate surface area is 110 Å². The zero-order valence-electron chi connectivity index (χ0n) is 10.7. The predicted molar refractivity (Wildman–Crippen MR) is 74.6 cm³/mol. The third-order valence-electron chi connectivity index (χ3n) is 2.37. The van der Waals surface area contributed by atoms with E-state index in [1.165, 1.54) is 6.20 Å². The first-order valence-electron chi connectivity index (χ1n) is 5.63. The largest absolute Gasteiger partial charge is 0.378 e. The van der Waals surface area contributed by atoms with Gasteiger partial charge in [0.05, 0.1) is 12.4 Å². The standard InChI is InChI=1S/C12H14N6O/c1-18(2)10-5-3-9(4-6-10)7-13-16-11-8-14-17-12(19)15-11/h3-8H,1-2H3,(H2,15,16,17,19)/b13-7+. The Morgan fingerprint density at radius 3 is 2.68 bits per heavy atom. The fraction of sp³-hybridized carbons (Fsp3) is 0.167. The fourth-order valence-corrected chi connectivity index (χ4v) is 1.40. The van der Waals surface area contributed by atoms with E-state index in [1.54, 1.807) is 6.21 Å². The molecule has 0 amide bonds. The van der Waals surface area contributed by atoms with E-state index in [-0.39, 0.29) is 0 Å². The highest BCUT2D eigenvalue weighted by molar-refractivity contribution is 5.80. The molecule has 1 heterocycles. The van der Waals surface area contributed by atoms with Crippen molar-refractivity contribution in [3.8, 4) is 0 Å². The Morgan fingerprint density at radius 2 is 2.05 bits per heavy atom. The molecule has 0 unspecified atom stereocenters. The normalized spacial score (nSPS) is 10.6. The Morgan fingerprint density at radius 1 is 1.32 bits per heavy atom. The van der Waals surface area contributed by atoms with Gasteiger partial charge < -0.3 is 4.90 Å². The van der Waals surface area contributed by atoms with Crippen molar-refractivity contribution in [1.29, 1.82) is 0 Å². The number of aromatic amines is 1. The van der Waals surface area contributed by atoms with E-state index in [0.29, 0.717) is 5.82 Å². The number of hydrogen-bond donors (Lipinski definition) is 2. The summed E-state index contributed by atoms with van der Waals surface area (Å²) in [6, 6.07) is 7.89. The van der Waals surface area contributed by atoms with Crippen LogP contribution >= 0.6 is 0 Å². The molecule has 0 aliphatic rings. The van der Waals surface area contributed by atoms with E-state index in [2.05, 4.69) is 25.7 Å². The lowest BCUT2D eigenvalue weighted by Crippen LogP contribution is -2.13. The first kappa shape index (κ1) is 12.7. The maximum Gasteiger partial charge on any atom is 0.363 e. The molecule has 0 bridgehead atoms. The molecular formula is C12H14N6O. The summed E-state index contributed by atoms with van der Waals surface area (Å²) in [4.78, 5) is 16.6. The van der Waals surface area contributed by atoms with Crippen molar-refractivity contribution >= 4 is 17.7 Å². The maximum absolute atomic E-state index is 10.9. The summed E-state index contributed by atoms with van der Waals surface area (Å²) in [7, 11) is 3.96. The molecule has 7 nitrogen and oxygen atoms in total. The number of nitrogens with zero attached hydrogens (tertiary/aromatic N) is 4. The van der Waals surface area contributed by atoms with Gasteiger partial charge in [0, 0.05) is 19.8 Å². The summed E-state index contributed by atoms with van der Waals surface area (Å²) in [6.07, 6.45) is 3.02. The molecule has 7 heteroatoms. The van der Waals surface area contributed by atoms with E-state index in [4.69, 9.17) is 0 Å². The molecule has 0 atom stereocenters. The third kappa shape index (κ3) is 3.63. The lowest BCUT2D eigenvalue weighted by Gasteiger charge is -2.11. The summed E-state index contributed by atoms with van der Waals surface area (Å²) in [5, 5.41) is 9.77. The topological polar surface area (TPSA) is 86.3 Å². The highest BCUT2D eigenvalue weighted by atomic mass is 16.1. The van der Waals surface area contributed by atoms with Crippen LogP contribution in [0.25, 0.3) is 0 Å². The molecular weight excluding hydrogens is 244 g/mol. The van der Waals surface area contributed by atoms with Gasteiger partial charge in [-0.25, -0.2) is 9.89 Å². The van der Waals surface area contributed by atoms with Crippen LogP contribution in [0.2, 0.25) is 0 Å². The zero-order chi connectivity index (χ0) is 13.7. The number of rotatable bonds is 4. The van der Waals surface area contributed by atoms with Gasteiger partial charge in [0.1, 0.15) is 0 Å². The van der Waals surface area contributed by atoms with Crippen LogP contribution in [0.5, 0.6) is 0 Å². The summed E-state index contributed by atoms with van der Waals surface area (Å²) in [5.41, 5.74) is 4.18. The van der Waals surface area contributed by atoms with Crippen LogP contribution in [0, 0.1) is 0 Å². The van der Waals surface area contributed by atoms with Gasteiger partial charge in [0.25, 0.3) is 0 Å². The van der Waals surface area contributed by atoms with Gasteiger partial charge in [0.2, 0.25) is 0 Å². The Bertz CT molecular complexity index is 617. The minimum atomic E-state index is -0.518. The van der Waals surface area contributed by atoms with Crippen LogP contribution in [0.4, 0.5) is 11.5 Å². The quantitative estimate of drug-likeness (QED) is 0.622. The molecule has 0 fully saturated rings. The summed E-state index contributed by atoms with van der Waals surface area (Å²) >= 11 is 0. The average Bonchev–Trinajstić information content (AvgIpc) is 2.39. The van der Waals surface area contributed by atoms with Crippen molar-refractivity contribution in [3.05, 3.63) is 46.5 Å². The van der Waals surface area contributed by atoms with Gasteiger partial charge in [-0.15, -0.1) is 0 Å². The van der Waals surface area contributed by atoms with Crippen molar-refractivity contribution in [2.75, 3.05) is 24.4 Å². The third-order valence-corrected chi connectivity index (χ3v) is 2.37. The van der Waals surface area contributed by atoms with Gasteiger partial charge in [-0.05, 0) is 17.7 Å². The Hall–Kier alpha value is -2.70. The number of benzene rings is 1. The number of nitrogens with one attached hydrogen (secondary N) is 2. The van der Waals surface area contributed by atoms with Gasteiger partial charge in [-0.1, -0.05) is 12.1 Å². The van der Waals surface area contributed by atoms with E-state index in [1.807, 2.05) is 43.3 Å². The van der Waals surface area contributed by atoms with E-state index >= 15 is 0 Å². The zero-order valence-corrected chi connectivity index (χ0v) is 10.7. The van der Waals surface area contributed by atoms with Crippen molar-refractivity contribution in [2.45, 2.75) is 0 Å². The predicted octanol–water partition coefficient (Wildman–Crippen LogP) is 0.677. The number of hydrogen-bond acceptors (Lipinski definition) is 6. The van der Waals surface area contributed by atoms with Gasteiger partial charge in [0.15, 0.2) is 5.82 Å². The van der Waals surface area contributed by atoms with Crippen molar-refractivity contribution in [3.63, 3.8) is 0 Å². The number of hydrazone groups is 1. The molecule has 1 aromatic heterocycles. The monoisotopic (exact) mass is 258 g/mol. The van der Waals surface area contributed by atoms with Gasteiger partial charge >= 0.3 is 5.69 Å². The first-order valence-corrected chi connectivity index (χ1v) is 5.63. The van der Waals surface area contributed by atoms with Gasteiger partial charge in [-0.2, -0.15) is 15.2 Å². The summed E-state index contributed by atoms with van der Waals surface area (Å²) in [5.74, 6) is 0.296. The second kappa shape index (κ2) is 5.76. The molecule has 0 saturated carbocycles. The molecule has 0 aliphatic heterocycles. The van der Waals surface area contributed by atoms with Crippen LogP contribution in [0.3, 0.4) is 0 Å². The lowest BCUT2D eigenvalue weighted by molar-refractivity contribution is 0.913. The molecule has 19 heavy (non-hydrogen) atoms. The molecule has 0 saturated heterocycles. The lowest BCUT2D eigenvalue weighted by atomic mass is 10.2. The van der Waals surface area contributed by atoms with Crippen molar-refractivity contribution in [2.24, 2.45) is 5.10 Å².